The van der Waals surface area contributed by atoms with E-state index in [1.807, 2.05) is 0 Å². The van der Waals surface area contributed by atoms with Crippen molar-refractivity contribution in [2.45, 2.75) is 38.5 Å². The van der Waals surface area contributed by atoms with Gasteiger partial charge in [-0.1, -0.05) is 12.8 Å². The van der Waals surface area contributed by atoms with Crippen LogP contribution in [-0.2, 0) is 28.7 Å². The number of esters is 3. The van der Waals surface area contributed by atoms with Crippen molar-refractivity contribution >= 4 is 23.9 Å². The second-order valence-corrected chi connectivity index (χ2v) is 4.79. The van der Waals surface area contributed by atoms with E-state index in [0.717, 1.165) is 31.8 Å². The largest absolute Gasteiger partial charge is 0.478 e. The number of carbonyl (C=O) groups is 4. The van der Waals surface area contributed by atoms with E-state index in [-0.39, 0.29) is 19.4 Å². The van der Waals surface area contributed by atoms with Gasteiger partial charge in [-0.3, -0.25) is 9.59 Å². The smallest absolute Gasteiger partial charge is 0.331 e. The van der Waals surface area contributed by atoms with Crippen molar-refractivity contribution < 1.29 is 33.8 Å². The van der Waals surface area contributed by atoms with Gasteiger partial charge in [0.1, 0.15) is 6.61 Å². The number of carbonyl (C=O) groups excluding carboxylic acids is 3. The fourth-order valence-corrected chi connectivity index (χ4v) is 2.09. The second-order valence-electron chi connectivity index (χ2n) is 4.79. The Hall–Kier alpha value is -2.18. The summed E-state index contributed by atoms with van der Waals surface area (Å²) in [7, 11) is 0. The summed E-state index contributed by atoms with van der Waals surface area (Å²) >= 11 is 0. The molecule has 0 aromatic carbocycles. The highest BCUT2D eigenvalue weighted by atomic mass is 16.6. The fourth-order valence-electron chi connectivity index (χ4n) is 2.09. The Labute approximate surface area is 121 Å². The van der Waals surface area contributed by atoms with Gasteiger partial charge in [0.05, 0.1) is 6.42 Å². The summed E-state index contributed by atoms with van der Waals surface area (Å²) in [6, 6.07) is 0. The third-order valence-corrected chi connectivity index (χ3v) is 3.07. The lowest BCUT2D eigenvalue weighted by Gasteiger charge is -2.07. The fraction of sp³-hybridized carbons (Fsp3) is 0.571. The molecule has 0 aromatic rings. The Morgan fingerprint density at radius 2 is 1.71 bits per heavy atom. The summed E-state index contributed by atoms with van der Waals surface area (Å²) in [6.45, 7) is -0.266. The standard InChI is InChI=1S/C14H18O7/c15-11(16)5-6-12(17)20-8-7-13(18)21-14(19)9-10-3-1-2-4-10/h5-6,10H,1-4,7-9H2,(H,15,16)/b6-5+. The predicted octanol–water partition coefficient (Wildman–Crippen LogP) is 1.21. The summed E-state index contributed by atoms with van der Waals surface area (Å²) in [4.78, 5) is 43.9. The summed E-state index contributed by atoms with van der Waals surface area (Å²) < 4.78 is 9.19. The molecule has 7 heteroatoms. The highest BCUT2D eigenvalue weighted by molar-refractivity contribution is 5.91. The van der Waals surface area contributed by atoms with Crippen molar-refractivity contribution in [3.63, 3.8) is 0 Å². The number of carboxylic acid groups (broad SMARTS) is 1. The van der Waals surface area contributed by atoms with Crippen LogP contribution in [0.1, 0.15) is 38.5 Å². The minimum atomic E-state index is -1.27. The van der Waals surface area contributed by atoms with E-state index in [9.17, 15) is 19.2 Å². The molecule has 0 aliphatic heterocycles. The van der Waals surface area contributed by atoms with Crippen molar-refractivity contribution in [1.29, 1.82) is 0 Å². The van der Waals surface area contributed by atoms with Gasteiger partial charge in [-0.15, -0.1) is 0 Å². The average Bonchev–Trinajstić information content (AvgIpc) is 2.88. The Morgan fingerprint density at radius 3 is 2.33 bits per heavy atom. The van der Waals surface area contributed by atoms with Crippen LogP contribution in [0.4, 0.5) is 0 Å². The topological polar surface area (TPSA) is 107 Å². The van der Waals surface area contributed by atoms with Gasteiger partial charge in [0.2, 0.25) is 0 Å². The Bertz CT molecular complexity index is 433. The molecule has 0 aromatic heterocycles. The molecule has 1 fully saturated rings. The van der Waals surface area contributed by atoms with Crippen LogP contribution in [0, 0.1) is 5.92 Å². The molecule has 21 heavy (non-hydrogen) atoms. The molecular weight excluding hydrogens is 280 g/mol. The van der Waals surface area contributed by atoms with Gasteiger partial charge < -0.3 is 14.6 Å². The zero-order chi connectivity index (χ0) is 15.7. The van der Waals surface area contributed by atoms with Crippen LogP contribution in [0.15, 0.2) is 12.2 Å². The van der Waals surface area contributed by atoms with Crippen LogP contribution < -0.4 is 0 Å². The first-order chi connectivity index (χ1) is 9.97. The van der Waals surface area contributed by atoms with Crippen molar-refractivity contribution in [2.75, 3.05) is 6.61 Å². The number of carboxylic acids is 1. The van der Waals surface area contributed by atoms with E-state index < -0.39 is 23.9 Å². The lowest BCUT2D eigenvalue weighted by Crippen LogP contribution is -2.17. The third-order valence-electron chi connectivity index (χ3n) is 3.07. The Kier molecular flexibility index (Phi) is 7.14. The minimum Gasteiger partial charge on any atom is -0.478 e. The maximum Gasteiger partial charge on any atom is 0.331 e. The molecular formula is C14H18O7. The lowest BCUT2D eigenvalue weighted by molar-refractivity contribution is -0.161. The zero-order valence-corrected chi connectivity index (χ0v) is 11.6. The average molecular weight is 298 g/mol. The molecule has 7 nitrogen and oxygen atoms in total. The van der Waals surface area contributed by atoms with Crippen LogP contribution in [0.5, 0.6) is 0 Å². The quantitative estimate of drug-likeness (QED) is 0.427. The second kappa shape index (κ2) is 8.89. The minimum absolute atomic E-state index is 0.243. The van der Waals surface area contributed by atoms with Gasteiger partial charge in [-0.2, -0.15) is 0 Å². The van der Waals surface area contributed by atoms with Crippen LogP contribution in [0.3, 0.4) is 0 Å². The molecule has 1 saturated carbocycles. The molecule has 0 bridgehead atoms. The molecule has 0 atom stereocenters. The van der Waals surface area contributed by atoms with Gasteiger partial charge >= 0.3 is 23.9 Å². The number of hydrogen-bond acceptors (Lipinski definition) is 6. The van der Waals surface area contributed by atoms with Gasteiger partial charge in [-0.05, 0) is 18.8 Å². The van der Waals surface area contributed by atoms with Gasteiger partial charge in [-0.25, -0.2) is 9.59 Å². The first kappa shape index (κ1) is 16.9. The molecule has 116 valence electrons. The van der Waals surface area contributed by atoms with Gasteiger partial charge in [0, 0.05) is 18.6 Å². The van der Waals surface area contributed by atoms with E-state index in [1.165, 1.54) is 0 Å². The molecule has 1 aliphatic rings. The van der Waals surface area contributed by atoms with Crippen LogP contribution in [-0.4, -0.2) is 35.6 Å². The summed E-state index contributed by atoms with van der Waals surface area (Å²) in [5.74, 6) is -3.16. The summed E-state index contributed by atoms with van der Waals surface area (Å²) in [6.07, 6.45) is 5.53. The van der Waals surface area contributed by atoms with Crippen LogP contribution in [0.25, 0.3) is 0 Å². The van der Waals surface area contributed by atoms with E-state index in [1.54, 1.807) is 0 Å². The number of aliphatic carboxylic acids is 1. The molecule has 0 spiro atoms. The maximum atomic E-state index is 11.5. The third kappa shape index (κ3) is 7.86. The molecule has 0 saturated heterocycles. The Morgan fingerprint density at radius 1 is 1.05 bits per heavy atom. The van der Waals surface area contributed by atoms with Crippen molar-refractivity contribution in [2.24, 2.45) is 5.92 Å². The van der Waals surface area contributed by atoms with Crippen molar-refractivity contribution in [1.82, 2.24) is 0 Å². The van der Waals surface area contributed by atoms with Crippen LogP contribution >= 0.6 is 0 Å². The van der Waals surface area contributed by atoms with Crippen molar-refractivity contribution in [3.8, 4) is 0 Å². The van der Waals surface area contributed by atoms with Gasteiger partial charge in [0.15, 0.2) is 0 Å². The first-order valence-corrected chi connectivity index (χ1v) is 6.78. The van der Waals surface area contributed by atoms with E-state index in [4.69, 9.17) is 5.11 Å². The number of hydrogen-bond donors (Lipinski definition) is 1. The molecule has 0 amide bonds. The van der Waals surface area contributed by atoms with E-state index in [0.29, 0.717) is 12.0 Å². The summed E-state index contributed by atoms with van der Waals surface area (Å²) in [5, 5.41) is 8.29. The monoisotopic (exact) mass is 298 g/mol. The molecule has 0 heterocycles. The molecule has 1 aliphatic carbocycles. The molecule has 0 radical (unpaired) electrons. The van der Waals surface area contributed by atoms with Crippen molar-refractivity contribution in [3.05, 3.63) is 12.2 Å². The summed E-state index contributed by atoms with van der Waals surface area (Å²) in [5.41, 5.74) is 0. The highest BCUT2D eigenvalue weighted by Crippen LogP contribution is 2.27. The molecule has 1 rings (SSSR count). The van der Waals surface area contributed by atoms with Gasteiger partial charge in [0.25, 0.3) is 0 Å². The van der Waals surface area contributed by atoms with E-state index in [2.05, 4.69) is 9.47 Å². The SMILES string of the molecule is O=C(O)/C=C/C(=O)OCCC(=O)OC(=O)CC1CCCC1. The number of ether oxygens (including phenoxy) is 2. The lowest BCUT2D eigenvalue weighted by atomic mass is 10.0. The molecule has 0 unspecified atom stereocenters. The normalized spacial score (nSPS) is 15.0. The zero-order valence-electron chi connectivity index (χ0n) is 11.6. The van der Waals surface area contributed by atoms with Crippen LogP contribution in [0.2, 0.25) is 0 Å². The number of rotatable bonds is 7. The predicted molar refractivity (Wildman–Crippen MR) is 70.0 cm³/mol. The first-order valence-electron chi connectivity index (χ1n) is 6.78. The maximum absolute atomic E-state index is 11.5. The highest BCUT2D eigenvalue weighted by Gasteiger charge is 2.20. The van der Waals surface area contributed by atoms with E-state index >= 15 is 0 Å². The Balaban J connectivity index is 2.14. The molecule has 1 N–H and O–H groups in total.